The van der Waals surface area contributed by atoms with Crippen LogP contribution in [0.1, 0.15) is 5.56 Å². The molecular weight excluding hydrogens is 314 g/mol. The topological polar surface area (TPSA) is 29.6 Å². The van der Waals surface area contributed by atoms with Crippen LogP contribution in [-0.2, 0) is 0 Å². The number of benzene rings is 2. The van der Waals surface area contributed by atoms with Gasteiger partial charge in [-0.1, -0.05) is 60.1 Å². The van der Waals surface area contributed by atoms with Crippen molar-refractivity contribution in [3.05, 3.63) is 75.4 Å². The minimum atomic E-state index is 0.679. The monoisotopic (exact) mass is 327 g/mol. The average molecular weight is 328 g/mol. The predicted molar refractivity (Wildman–Crippen MR) is 93.7 cm³/mol. The summed E-state index contributed by atoms with van der Waals surface area (Å²) in [4.78, 5) is 5.12. The predicted octanol–water partition coefficient (Wildman–Crippen LogP) is 4.28. The van der Waals surface area contributed by atoms with Crippen molar-refractivity contribution in [1.29, 1.82) is 0 Å². The molecule has 3 aromatic rings. The Morgan fingerprint density at radius 1 is 1.05 bits per heavy atom. The van der Waals surface area contributed by atoms with Crippen molar-refractivity contribution in [3.8, 4) is 11.3 Å². The number of thiazole rings is 1. The molecule has 0 saturated heterocycles. The molecule has 3 nitrogen and oxygen atoms in total. The molecule has 0 atom stereocenters. The summed E-state index contributed by atoms with van der Waals surface area (Å²) in [6.45, 7) is 0. The van der Waals surface area contributed by atoms with Crippen LogP contribution in [0, 0.1) is 0 Å². The minimum Gasteiger partial charge on any atom is -0.261 e. The summed E-state index contributed by atoms with van der Waals surface area (Å²) in [5.74, 6) is 0. The third-order valence-corrected chi connectivity index (χ3v) is 4.42. The number of rotatable bonds is 3. The molecule has 0 unspecified atom stereocenters. The zero-order valence-corrected chi connectivity index (χ0v) is 13.6. The molecule has 0 radical (unpaired) electrons. The van der Waals surface area contributed by atoms with E-state index in [4.69, 9.17) is 11.6 Å². The largest absolute Gasteiger partial charge is 0.261 e. The fourth-order valence-electron chi connectivity index (χ4n) is 2.07. The van der Waals surface area contributed by atoms with Gasteiger partial charge in [0.2, 0.25) is 4.80 Å². The Balaban J connectivity index is 2.07. The molecule has 110 valence electrons. The van der Waals surface area contributed by atoms with Crippen molar-refractivity contribution in [1.82, 2.24) is 4.68 Å². The number of nitrogens with zero attached hydrogens (tertiary/aromatic N) is 3. The van der Waals surface area contributed by atoms with Crippen LogP contribution in [0.4, 0.5) is 0 Å². The second kappa shape index (κ2) is 6.73. The molecule has 0 saturated carbocycles. The number of aromatic nitrogens is 1. The molecule has 0 aliphatic carbocycles. The van der Waals surface area contributed by atoms with Gasteiger partial charge in [0.15, 0.2) is 0 Å². The Bertz CT molecular complexity index is 863. The van der Waals surface area contributed by atoms with Gasteiger partial charge in [-0.15, -0.1) is 11.3 Å². The Morgan fingerprint density at radius 3 is 2.50 bits per heavy atom. The normalized spacial score (nSPS) is 12.2. The molecule has 0 aliphatic rings. The van der Waals surface area contributed by atoms with Gasteiger partial charge in [0.05, 0.1) is 11.9 Å². The zero-order chi connectivity index (χ0) is 15.4. The average Bonchev–Trinajstić information content (AvgIpc) is 2.98. The van der Waals surface area contributed by atoms with Crippen molar-refractivity contribution in [2.75, 3.05) is 7.05 Å². The highest BCUT2D eigenvalue weighted by molar-refractivity contribution is 7.07. The standard InChI is InChI=1S/C17H14ClN3S/c1-19-17-21(20-11-14-9-5-6-10-15(14)18)16(12-22-17)13-7-3-2-4-8-13/h2-12H,1H3/b19-17?,20-11-. The van der Waals surface area contributed by atoms with Crippen LogP contribution in [0.15, 0.2) is 70.1 Å². The van der Waals surface area contributed by atoms with Gasteiger partial charge in [-0.3, -0.25) is 4.99 Å². The van der Waals surface area contributed by atoms with Crippen molar-refractivity contribution >= 4 is 29.2 Å². The maximum atomic E-state index is 6.17. The fraction of sp³-hybridized carbons (Fsp3) is 0.0588. The molecular formula is C17H14ClN3S. The van der Waals surface area contributed by atoms with Gasteiger partial charge < -0.3 is 0 Å². The summed E-state index contributed by atoms with van der Waals surface area (Å²) in [7, 11) is 1.77. The van der Waals surface area contributed by atoms with E-state index in [1.165, 1.54) is 0 Å². The quantitative estimate of drug-likeness (QED) is 0.643. The van der Waals surface area contributed by atoms with E-state index in [0.717, 1.165) is 21.6 Å². The van der Waals surface area contributed by atoms with E-state index in [1.54, 1.807) is 24.6 Å². The first-order valence-corrected chi connectivity index (χ1v) is 8.03. The van der Waals surface area contributed by atoms with E-state index in [9.17, 15) is 0 Å². The van der Waals surface area contributed by atoms with Gasteiger partial charge in [0, 0.05) is 28.6 Å². The van der Waals surface area contributed by atoms with E-state index >= 15 is 0 Å². The van der Waals surface area contributed by atoms with Crippen LogP contribution in [0.25, 0.3) is 11.3 Å². The summed E-state index contributed by atoms with van der Waals surface area (Å²) in [5.41, 5.74) is 2.99. The first-order chi connectivity index (χ1) is 10.8. The SMILES string of the molecule is CN=c1scc(-c2ccccc2)n1/N=C\c1ccccc1Cl. The highest BCUT2D eigenvalue weighted by atomic mass is 35.5. The summed E-state index contributed by atoms with van der Waals surface area (Å²) in [6.07, 6.45) is 1.76. The summed E-state index contributed by atoms with van der Waals surface area (Å²) in [5, 5.41) is 7.30. The molecule has 1 aromatic heterocycles. The first-order valence-electron chi connectivity index (χ1n) is 6.77. The lowest BCUT2D eigenvalue weighted by atomic mass is 10.2. The van der Waals surface area contributed by atoms with E-state index in [1.807, 2.05) is 47.1 Å². The molecule has 0 fully saturated rings. The molecule has 0 aliphatic heterocycles. The molecule has 22 heavy (non-hydrogen) atoms. The minimum absolute atomic E-state index is 0.679. The lowest BCUT2D eigenvalue weighted by Gasteiger charge is -2.03. The Hall–Kier alpha value is -2.17. The lowest BCUT2D eigenvalue weighted by Crippen LogP contribution is -2.11. The van der Waals surface area contributed by atoms with Crippen LogP contribution in [0.5, 0.6) is 0 Å². The van der Waals surface area contributed by atoms with Crippen molar-refractivity contribution < 1.29 is 0 Å². The van der Waals surface area contributed by atoms with E-state index in [-0.39, 0.29) is 0 Å². The molecule has 0 amide bonds. The molecule has 2 aromatic carbocycles. The maximum Gasteiger partial charge on any atom is 0.205 e. The fourth-order valence-corrected chi connectivity index (χ4v) is 3.06. The van der Waals surface area contributed by atoms with Crippen LogP contribution in [0.3, 0.4) is 0 Å². The molecule has 0 bridgehead atoms. The third-order valence-electron chi connectivity index (χ3n) is 3.16. The zero-order valence-electron chi connectivity index (χ0n) is 12.0. The van der Waals surface area contributed by atoms with Crippen molar-refractivity contribution in [2.24, 2.45) is 10.1 Å². The summed E-state index contributed by atoms with van der Waals surface area (Å²) < 4.78 is 1.84. The molecule has 0 spiro atoms. The second-order valence-electron chi connectivity index (χ2n) is 4.57. The van der Waals surface area contributed by atoms with Crippen molar-refractivity contribution in [2.45, 2.75) is 0 Å². The van der Waals surface area contributed by atoms with Crippen molar-refractivity contribution in [3.63, 3.8) is 0 Å². The maximum absolute atomic E-state index is 6.17. The second-order valence-corrected chi connectivity index (χ2v) is 5.81. The highest BCUT2D eigenvalue weighted by Crippen LogP contribution is 2.20. The van der Waals surface area contributed by atoms with Gasteiger partial charge in [0.1, 0.15) is 0 Å². The summed E-state index contributed by atoms with van der Waals surface area (Å²) >= 11 is 7.73. The summed E-state index contributed by atoms with van der Waals surface area (Å²) in [6, 6.07) is 17.8. The van der Waals surface area contributed by atoms with E-state index in [0.29, 0.717) is 5.02 Å². The molecule has 5 heteroatoms. The smallest absolute Gasteiger partial charge is 0.205 e. The molecule has 3 rings (SSSR count). The van der Waals surface area contributed by atoms with Crippen LogP contribution in [0.2, 0.25) is 5.02 Å². The number of hydrogen-bond acceptors (Lipinski definition) is 3. The van der Waals surface area contributed by atoms with Gasteiger partial charge in [-0.25, -0.2) is 4.68 Å². The molecule has 0 N–H and O–H groups in total. The lowest BCUT2D eigenvalue weighted by molar-refractivity contribution is 0.848. The number of hydrogen-bond donors (Lipinski definition) is 0. The van der Waals surface area contributed by atoms with Gasteiger partial charge in [-0.05, 0) is 6.07 Å². The first kappa shape index (κ1) is 14.8. The van der Waals surface area contributed by atoms with E-state index < -0.39 is 0 Å². The van der Waals surface area contributed by atoms with Crippen LogP contribution in [-0.4, -0.2) is 17.9 Å². The third kappa shape index (κ3) is 3.03. The highest BCUT2D eigenvalue weighted by Gasteiger charge is 2.06. The Labute approximate surface area is 137 Å². The van der Waals surface area contributed by atoms with Gasteiger partial charge in [-0.2, -0.15) is 5.10 Å². The molecule has 1 heterocycles. The Morgan fingerprint density at radius 2 is 1.77 bits per heavy atom. The number of halogens is 1. The van der Waals surface area contributed by atoms with Crippen LogP contribution >= 0.6 is 22.9 Å². The van der Waals surface area contributed by atoms with Gasteiger partial charge in [0.25, 0.3) is 0 Å². The van der Waals surface area contributed by atoms with Crippen LogP contribution < -0.4 is 4.80 Å². The van der Waals surface area contributed by atoms with E-state index in [2.05, 4.69) is 27.6 Å². The Kier molecular flexibility index (Phi) is 4.51. The van der Waals surface area contributed by atoms with Gasteiger partial charge >= 0.3 is 0 Å².